The van der Waals surface area contributed by atoms with Crippen LogP contribution in [0.2, 0.25) is 0 Å². The van der Waals surface area contributed by atoms with Crippen molar-refractivity contribution in [2.75, 3.05) is 22.9 Å². The lowest BCUT2D eigenvalue weighted by Gasteiger charge is -2.07. The van der Waals surface area contributed by atoms with E-state index >= 15 is 0 Å². The number of aromatic nitrogens is 2. The monoisotopic (exact) mass is 386 g/mol. The Balaban J connectivity index is 1.86. The lowest BCUT2D eigenvalue weighted by Crippen LogP contribution is -2.14. The molecule has 1 amide bonds. The first-order valence-electron chi connectivity index (χ1n) is 6.34. The van der Waals surface area contributed by atoms with Gasteiger partial charge in [-0.1, -0.05) is 29.2 Å². The first-order chi connectivity index (χ1) is 10.1. The van der Waals surface area contributed by atoms with Crippen LogP contribution in [0, 0.1) is 6.92 Å². The molecular weight excluding hydrogens is 372 g/mol. The Kier molecular flexibility index (Phi) is 6.01. The molecule has 112 valence electrons. The quantitative estimate of drug-likeness (QED) is 0.739. The third kappa shape index (κ3) is 4.98. The molecule has 0 aliphatic heterocycles. The Bertz CT molecular complexity index is 632. The summed E-state index contributed by atoms with van der Waals surface area (Å²) in [6.07, 6.45) is 0. The summed E-state index contributed by atoms with van der Waals surface area (Å²) in [6, 6.07) is 5.81. The van der Waals surface area contributed by atoms with Crippen LogP contribution in [0.4, 0.5) is 10.8 Å². The van der Waals surface area contributed by atoms with E-state index in [0.717, 1.165) is 31.7 Å². The minimum absolute atomic E-state index is 0.0650. The van der Waals surface area contributed by atoms with Gasteiger partial charge in [0.1, 0.15) is 0 Å². The normalized spacial score (nSPS) is 10.4. The predicted octanol–water partition coefficient (Wildman–Crippen LogP) is 3.77. The maximum atomic E-state index is 11.9. The summed E-state index contributed by atoms with van der Waals surface area (Å²) in [5.74, 6) is 0.242. The van der Waals surface area contributed by atoms with Gasteiger partial charge in [-0.05, 0) is 47.5 Å². The maximum Gasteiger partial charge on any atom is 0.234 e. The summed E-state index contributed by atoms with van der Waals surface area (Å²) in [7, 11) is 0. The predicted molar refractivity (Wildman–Crippen MR) is 92.3 cm³/mol. The molecule has 0 saturated heterocycles. The molecule has 8 heteroatoms. The van der Waals surface area contributed by atoms with Crippen molar-refractivity contribution in [2.45, 2.75) is 18.2 Å². The fraction of sp³-hybridized carbons (Fsp3) is 0.308. The van der Waals surface area contributed by atoms with Crippen LogP contribution in [0.5, 0.6) is 0 Å². The van der Waals surface area contributed by atoms with Crippen molar-refractivity contribution in [2.24, 2.45) is 0 Å². The van der Waals surface area contributed by atoms with Gasteiger partial charge in [0.05, 0.1) is 11.4 Å². The summed E-state index contributed by atoms with van der Waals surface area (Å²) in [5, 5.41) is 14.8. The number of nitrogens with zero attached hydrogens (tertiary/aromatic N) is 2. The lowest BCUT2D eigenvalue weighted by atomic mass is 10.2. The van der Waals surface area contributed by atoms with Gasteiger partial charge in [-0.3, -0.25) is 4.79 Å². The van der Waals surface area contributed by atoms with Gasteiger partial charge in [0.15, 0.2) is 4.34 Å². The van der Waals surface area contributed by atoms with Crippen molar-refractivity contribution in [3.05, 3.63) is 28.2 Å². The second-order valence-corrected chi connectivity index (χ2v) is 7.28. The number of carbonyl (C=O) groups excluding carboxylic acids is 1. The third-order valence-corrected chi connectivity index (χ3v) is 5.13. The van der Waals surface area contributed by atoms with Crippen LogP contribution < -0.4 is 10.6 Å². The molecule has 0 unspecified atom stereocenters. The lowest BCUT2D eigenvalue weighted by molar-refractivity contribution is -0.113. The average molecular weight is 387 g/mol. The average Bonchev–Trinajstić information content (AvgIpc) is 2.88. The van der Waals surface area contributed by atoms with Crippen molar-refractivity contribution in [1.29, 1.82) is 0 Å². The van der Waals surface area contributed by atoms with E-state index in [1.54, 1.807) is 0 Å². The summed E-state index contributed by atoms with van der Waals surface area (Å²) >= 11 is 6.27. The molecule has 2 rings (SSSR count). The van der Waals surface area contributed by atoms with Crippen LogP contribution in [-0.2, 0) is 4.79 Å². The highest BCUT2D eigenvalue weighted by Crippen LogP contribution is 2.26. The van der Waals surface area contributed by atoms with Crippen molar-refractivity contribution in [3.8, 4) is 0 Å². The number of hydrogen-bond donors (Lipinski definition) is 2. The number of halogens is 1. The molecule has 0 saturated carbocycles. The van der Waals surface area contributed by atoms with Gasteiger partial charge in [0.25, 0.3) is 0 Å². The number of hydrogen-bond acceptors (Lipinski definition) is 6. The first-order valence-corrected chi connectivity index (χ1v) is 8.94. The Morgan fingerprint density at radius 3 is 2.95 bits per heavy atom. The summed E-state index contributed by atoms with van der Waals surface area (Å²) < 4.78 is 1.66. The van der Waals surface area contributed by atoms with Crippen molar-refractivity contribution in [1.82, 2.24) is 10.2 Å². The SMILES string of the molecule is CCNc1nnc(SCC(=O)Nc2ccc(C)cc2Br)s1. The fourth-order valence-electron chi connectivity index (χ4n) is 1.53. The Morgan fingerprint density at radius 1 is 1.43 bits per heavy atom. The second-order valence-electron chi connectivity index (χ2n) is 4.22. The number of rotatable bonds is 6. The van der Waals surface area contributed by atoms with Crippen LogP contribution in [0.15, 0.2) is 27.0 Å². The molecule has 0 aliphatic carbocycles. The molecule has 1 aromatic carbocycles. The van der Waals surface area contributed by atoms with Gasteiger partial charge >= 0.3 is 0 Å². The highest BCUT2D eigenvalue weighted by Gasteiger charge is 2.09. The van der Waals surface area contributed by atoms with Gasteiger partial charge in [-0.25, -0.2) is 0 Å². The summed E-state index contributed by atoms with van der Waals surface area (Å²) in [6.45, 7) is 4.81. The number of nitrogens with one attached hydrogen (secondary N) is 2. The smallest absolute Gasteiger partial charge is 0.234 e. The summed E-state index contributed by atoms with van der Waals surface area (Å²) in [4.78, 5) is 11.9. The zero-order valence-corrected chi connectivity index (χ0v) is 14.9. The molecule has 0 spiro atoms. The van der Waals surface area contributed by atoms with Gasteiger partial charge in [0.2, 0.25) is 11.0 Å². The Hall–Kier alpha value is -1.12. The first kappa shape index (κ1) is 16.3. The number of anilines is 2. The minimum Gasteiger partial charge on any atom is -0.360 e. The molecule has 0 aliphatic rings. The molecule has 0 bridgehead atoms. The zero-order chi connectivity index (χ0) is 15.2. The van der Waals surface area contributed by atoms with E-state index in [1.165, 1.54) is 23.1 Å². The highest BCUT2D eigenvalue weighted by molar-refractivity contribution is 9.10. The Morgan fingerprint density at radius 2 is 2.24 bits per heavy atom. The van der Waals surface area contributed by atoms with E-state index in [4.69, 9.17) is 0 Å². The molecule has 1 aromatic heterocycles. The van der Waals surface area contributed by atoms with E-state index in [0.29, 0.717) is 5.75 Å². The standard InChI is InChI=1S/C13H15BrN4OS2/c1-3-15-12-17-18-13(21-12)20-7-11(19)16-10-5-4-8(2)6-9(10)14/h4-6H,3,7H2,1-2H3,(H,15,17)(H,16,19). The molecule has 5 nitrogen and oxygen atoms in total. The number of aryl methyl sites for hydroxylation is 1. The van der Waals surface area contributed by atoms with Gasteiger partial charge in [0, 0.05) is 11.0 Å². The molecule has 21 heavy (non-hydrogen) atoms. The van der Waals surface area contributed by atoms with E-state index < -0.39 is 0 Å². The van der Waals surface area contributed by atoms with Crippen LogP contribution in [0.25, 0.3) is 0 Å². The van der Waals surface area contributed by atoms with Crippen molar-refractivity contribution < 1.29 is 4.79 Å². The largest absolute Gasteiger partial charge is 0.360 e. The van der Waals surface area contributed by atoms with Crippen LogP contribution in [-0.4, -0.2) is 28.4 Å². The highest BCUT2D eigenvalue weighted by atomic mass is 79.9. The number of benzene rings is 1. The van der Waals surface area contributed by atoms with Gasteiger partial charge < -0.3 is 10.6 Å². The Labute approximate surface area is 140 Å². The van der Waals surface area contributed by atoms with Crippen LogP contribution >= 0.6 is 39.0 Å². The molecule has 1 heterocycles. The van der Waals surface area contributed by atoms with Crippen LogP contribution in [0.1, 0.15) is 12.5 Å². The van der Waals surface area contributed by atoms with Gasteiger partial charge in [-0.15, -0.1) is 10.2 Å². The topological polar surface area (TPSA) is 66.9 Å². The van der Waals surface area contributed by atoms with Crippen molar-refractivity contribution >= 4 is 55.8 Å². The van der Waals surface area contributed by atoms with E-state index in [2.05, 4.69) is 36.8 Å². The molecular formula is C13H15BrN4OS2. The second kappa shape index (κ2) is 7.77. The number of carbonyl (C=O) groups is 1. The van der Waals surface area contributed by atoms with Crippen LogP contribution in [0.3, 0.4) is 0 Å². The van der Waals surface area contributed by atoms with Crippen molar-refractivity contribution in [3.63, 3.8) is 0 Å². The van der Waals surface area contributed by atoms with E-state index in [-0.39, 0.29) is 5.91 Å². The minimum atomic E-state index is -0.0650. The fourth-order valence-corrected chi connectivity index (χ4v) is 3.74. The molecule has 2 N–H and O–H groups in total. The molecule has 2 aromatic rings. The van der Waals surface area contributed by atoms with E-state index in [9.17, 15) is 4.79 Å². The number of thioether (sulfide) groups is 1. The molecule has 0 atom stereocenters. The molecule has 0 radical (unpaired) electrons. The zero-order valence-electron chi connectivity index (χ0n) is 11.6. The third-order valence-electron chi connectivity index (χ3n) is 2.46. The van der Waals surface area contributed by atoms with E-state index in [1.807, 2.05) is 32.0 Å². The maximum absolute atomic E-state index is 11.9. The molecule has 0 fully saturated rings. The van der Waals surface area contributed by atoms with Gasteiger partial charge in [-0.2, -0.15) is 0 Å². The summed E-state index contributed by atoms with van der Waals surface area (Å²) in [5.41, 5.74) is 1.91. The number of amides is 1.